The molecule has 2 aromatic rings. The van der Waals surface area contributed by atoms with E-state index in [9.17, 15) is 9.35 Å². The van der Waals surface area contributed by atoms with Gasteiger partial charge in [0.25, 0.3) is 0 Å². The molecule has 0 fully saturated rings. The van der Waals surface area contributed by atoms with Crippen molar-refractivity contribution in [3.05, 3.63) is 54.4 Å². The maximum Gasteiger partial charge on any atom is 0.338 e. The van der Waals surface area contributed by atoms with Crippen LogP contribution in [0.15, 0.2) is 58.6 Å². The molecule has 0 saturated carbocycles. The van der Waals surface area contributed by atoms with Gasteiger partial charge in [-0.1, -0.05) is 0 Å². The van der Waals surface area contributed by atoms with Gasteiger partial charge in [0, 0.05) is 35.7 Å². The average molecular weight is 289 g/mol. The van der Waals surface area contributed by atoms with Crippen LogP contribution in [0.25, 0.3) is 0 Å². The van der Waals surface area contributed by atoms with Crippen LogP contribution in [-0.2, 0) is 15.9 Å². The van der Waals surface area contributed by atoms with E-state index in [1.807, 2.05) is 0 Å². The average Bonchev–Trinajstić information content (AvgIpc) is 2.47. The molecule has 4 nitrogen and oxygen atoms in total. The van der Waals surface area contributed by atoms with Gasteiger partial charge in [0.1, 0.15) is 0 Å². The second-order valence-electron chi connectivity index (χ2n) is 4.43. The van der Waals surface area contributed by atoms with Crippen molar-refractivity contribution in [1.29, 1.82) is 0 Å². The second kappa shape index (κ2) is 6.54. The fourth-order valence-electron chi connectivity index (χ4n) is 1.59. The van der Waals surface area contributed by atoms with Crippen LogP contribution >= 0.6 is 0 Å². The third-order valence-electron chi connectivity index (χ3n) is 2.51. The van der Waals surface area contributed by atoms with Crippen molar-refractivity contribution in [3.8, 4) is 0 Å². The molecule has 1 aromatic carbocycles. The molecule has 1 aromatic heterocycles. The van der Waals surface area contributed by atoms with Crippen LogP contribution in [0, 0.1) is 0 Å². The molecule has 20 heavy (non-hydrogen) atoms. The fraction of sp³-hybridized carbons (Fsp3) is 0.200. The number of hydrogen-bond donors (Lipinski definition) is 0. The van der Waals surface area contributed by atoms with Gasteiger partial charge in [-0.25, -0.2) is 4.79 Å². The predicted molar refractivity (Wildman–Crippen MR) is 75.9 cm³/mol. The minimum atomic E-state index is -1.27. The lowest BCUT2D eigenvalue weighted by molar-refractivity contribution is 0.0378. The molecule has 0 aliphatic heterocycles. The topological polar surface area (TPSA) is 62.2 Å². The van der Waals surface area contributed by atoms with Crippen LogP contribution < -0.4 is 0 Å². The minimum Gasteiger partial charge on any atom is -0.606 e. The first-order valence-corrected chi connectivity index (χ1v) is 7.36. The molecule has 1 unspecified atom stereocenters. The summed E-state index contributed by atoms with van der Waals surface area (Å²) in [6.45, 7) is 3.59. The highest BCUT2D eigenvalue weighted by molar-refractivity contribution is 7.91. The smallest absolute Gasteiger partial charge is 0.338 e. The van der Waals surface area contributed by atoms with Crippen LogP contribution in [-0.4, -0.2) is 21.6 Å². The van der Waals surface area contributed by atoms with E-state index in [2.05, 4.69) is 4.98 Å². The van der Waals surface area contributed by atoms with E-state index in [-0.39, 0.29) is 12.1 Å². The zero-order chi connectivity index (χ0) is 14.5. The van der Waals surface area contributed by atoms with Crippen molar-refractivity contribution in [2.45, 2.75) is 29.7 Å². The molecule has 5 heteroatoms. The van der Waals surface area contributed by atoms with E-state index < -0.39 is 11.2 Å². The number of hydrogen-bond acceptors (Lipinski definition) is 4. The zero-order valence-electron chi connectivity index (χ0n) is 11.3. The largest absolute Gasteiger partial charge is 0.606 e. The van der Waals surface area contributed by atoms with E-state index in [0.717, 1.165) is 0 Å². The van der Waals surface area contributed by atoms with Crippen LogP contribution in [0.4, 0.5) is 0 Å². The van der Waals surface area contributed by atoms with Gasteiger partial charge in [-0.2, -0.15) is 0 Å². The van der Waals surface area contributed by atoms with Crippen LogP contribution in [0.3, 0.4) is 0 Å². The summed E-state index contributed by atoms with van der Waals surface area (Å²) >= 11 is -1.27. The number of carbonyl (C=O) groups is 1. The van der Waals surface area contributed by atoms with Gasteiger partial charge in [-0.3, -0.25) is 4.98 Å². The maximum absolute atomic E-state index is 12.3. The van der Waals surface area contributed by atoms with Gasteiger partial charge in [0.2, 0.25) is 0 Å². The first-order chi connectivity index (χ1) is 9.58. The predicted octanol–water partition coefficient (Wildman–Crippen LogP) is 2.81. The third-order valence-corrected chi connectivity index (χ3v) is 3.91. The number of nitrogens with zero attached hydrogens (tertiary/aromatic N) is 1. The van der Waals surface area contributed by atoms with E-state index in [1.54, 1.807) is 62.6 Å². The summed E-state index contributed by atoms with van der Waals surface area (Å²) in [5.41, 5.74) is 0.453. The summed E-state index contributed by atoms with van der Waals surface area (Å²) in [5, 5.41) is 0. The Bertz CT molecular complexity index is 569. The summed E-state index contributed by atoms with van der Waals surface area (Å²) < 4.78 is 17.4. The molecule has 104 valence electrons. The van der Waals surface area contributed by atoms with Crippen molar-refractivity contribution in [2.75, 3.05) is 0 Å². The van der Waals surface area contributed by atoms with E-state index in [4.69, 9.17) is 4.74 Å². The zero-order valence-corrected chi connectivity index (χ0v) is 12.1. The Hall–Kier alpha value is -1.85. The SMILES string of the molecule is CC(C)OC(=O)c1ccc([S+]([O-])c2ccncc2)cc1. The second-order valence-corrected chi connectivity index (χ2v) is 5.91. The summed E-state index contributed by atoms with van der Waals surface area (Å²) in [6.07, 6.45) is 3.04. The van der Waals surface area contributed by atoms with E-state index >= 15 is 0 Å². The van der Waals surface area contributed by atoms with Crippen molar-refractivity contribution in [2.24, 2.45) is 0 Å². The minimum absolute atomic E-state index is 0.159. The van der Waals surface area contributed by atoms with Gasteiger partial charge in [0.15, 0.2) is 9.79 Å². The van der Waals surface area contributed by atoms with Gasteiger partial charge in [-0.15, -0.1) is 0 Å². The van der Waals surface area contributed by atoms with E-state index in [1.165, 1.54) is 0 Å². The molecule has 0 amide bonds. The molecule has 1 heterocycles. The summed E-state index contributed by atoms with van der Waals surface area (Å²) in [4.78, 5) is 16.9. The lowest BCUT2D eigenvalue weighted by atomic mass is 10.2. The number of esters is 1. The highest BCUT2D eigenvalue weighted by Crippen LogP contribution is 2.20. The third kappa shape index (κ3) is 3.59. The lowest BCUT2D eigenvalue weighted by Crippen LogP contribution is -2.11. The maximum atomic E-state index is 12.3. The van der Waals surface area contributed by atoms with Crippen molar-refractivity contribution >= 4 is 17.1 Å². The molecule has 0 aliphatic rings. The molecular weight excluding hydrogens is 274 g/mol. The molecule has 0 bridgehead atoms. The summed E-state index contributed by atoms with van der Waals surface area (Å²) in [6, 6.07) is 10.0. The first-order valence-electron chi connectivity index (χ1n) is 6.21. The number of rotatable bonds is 4. The van der Waals surface area contributed by atoms with Crippen molar-refractivity contribution < 1.29 is 14.1 Å². The summed E-state index contributed by atoms with van der Waals surface area (Å²) in [7, 11) is 0. The van der Waals surface area contributed by atoms with Crippen LogP contribution in [0.2, 0.25) is 0 Å². The number of benzene rings is 1. The van der Waals surface area contributed by atoms with Gasteiger partial charge in [-0.05, 0) is 38.1 Å². The molecule has 2 rings (SSSR count). The van der Waals surface area contributed by atoms with Crippen molar-refractivity contribution in [1.82, 2.24) is 4.98 Å². The van der Waals surface area contributed by atoms with Gasteiger partial charge >= 0.3 is 5.97 Å². The van der Waals surface area contributed by atoms with Gasteiger partial charge in [0.05, 0.1) is 11.7 Å². The Morgan fingerprint density at radius 1 is 1.10 bits per heavy atom. The van der Waals surface area contributed by atoms with Gasteiger partial charge < -0.3 is 9.29 Å². The molecule has 0 radical (unpaired) electrons. The molecule has 0 aliphatic carbocycles. The van der Waals surface area contributed by atoms with Crippen LogP contribution in [0.5, 0.6) is 0 Å². The highest BCUT2D eigenvalue weighted by atomic mass is 32.2. The first kappa shape index (κ1) is 14.6. The van der Waals surface area contributed by atoms with E-state index in [0.29, 0.717) is 15.4 Å². The Balaban J connectivity index is 2.14. The molecule has 0 spiro atoms. The lowest BCUT2D eigenvalue weighted by Gasteiger charge is -2.10. The Morgan fingerprint density at radius 2 is 1.65 bits per heavy atom. The molecule has 0 saturated heterocycles. The quantitative estimate of drug-likeness (QED) is 0.641. The Morgan fingerprint density at radius 3 is 2.20 bits per heavy atom. The van der Waals surface area contributed by atoms with Crippen LogP contribution in [0.1, 0.15) is 24.2 Å². The number of ether oxygens (including phenoxy) is 1. The normalized spacial score (nSPS) is 12.2. The fourth-order valence-corrected chi connectivity index (χ4v) is 2.62. The monoisotopic (exact) mass is 289 g/mol. The van der Waals surface area contributed by atoms with Crippen molar-refractivity contribution in [3.63, 3.8) is 0 Å². The highest BCUT2D eigenvalue weighted by Gasteiger charge is 2.16. The number of aromatic nitrogens is 1. The Kier molecular flexibility index (Phi) is 4.76. The standard InChI is InChI=1S/C15H15NO3S/c1-11(2)19-15(17)12-3-5-13(6-4-12)20(18)14-7-9-16-10-8-14/h3-11H,1-2H3. The molecule has 0 N–H and O–H groups in total. The molecule has 1 atom stereocenters. The summed E-state index contributed by atoms with van der Waals surface area (Å²) in [5.74, 6) is -0.374. The Labute approximate surface area is 121 Å². The number of carbonyl (C=O) groups excluding carboxylic acids is 1. The molecular formula is C15H15NO3S. The number of pyridine rings is 1.